The number of rotatable bonds is 4. The van der Waals surface area contributed by atoms with Crippen molar-refractivity contribution in [3.8, 4) is 0 Å². The molecule has 0 atom stereocenters. The molecular weight excluding hydrogens is 364 g/mol. The molecule has 126 valence electrons. The lowest BCUT2D eigenvalue weighted by molar-refractivity contribution is 0.102. The number of nitrogens with one attached hydrogen (secondary N) is 2. The Kier molecular flexibility index (Phi) is 5.16. The Morgan fingerprint density at radius 3 is 2.20 bits per heavy atom. The third-order valence-electron chi connectivity index (χ3n) is 3.31. The maximum absolute atomic E-state index is 12.9. The standard InChI is InChI=1S/C18H12Cl2FN3O/c19-15-7-5-13(9-16(15)20)24-18(25)17-8-6-14(10-22-17)23-12-3-1-11(21)2-4-12/h1-10,23H,(H,24,25). The zero-order chi connectivity index (χ0) is 17.8. The summed E-state index contributed by atoms with van der Waals surface area (Å²) in [4.78, 5) is 16.3. The number of halogens is 3. The summed E-state index contributed by atoms with van der Waals surface area (Å²) in [5.41, 5.74) is 2.17. The first kappa shape index (κ1) is 17.2. The van der Waals surface area contributed by atoms with E-state index in [0.717, 1.165) is 5.69 Å². The van der Waals surface area contributed by atoms with Crippen LogP contribution in [0.25, 0.3) is 0 Å². The molecule has 4 nitrogen and oxygen atoms in total. The molecule has 0 aliphatic rings. The van der Waals surface area contributed by atoms with Gasteiger partial charge in [-0.15, -0.1) is 0 Å². The van der Waals surface area contributed by atoms with Gasteiger partial charge in [0.25, 0.3) is 5.91 Å². The fourth-order valence-electron chi connectivity index (χ4n) is 2.07. The quantitative estimate of drug-likeness (QED) is 0.630. The van der Waals surface area contributed by atoms with E-state index < -0.39 is 0 Å². The summed E-state index contributed by atoms with van der Waals surface area (Å²) in [5.74, 6) is -0.676. The average molecular weight is 376 g/mol. The van der Waals surface area contributed by atoms with Gasteiger partial charge < -0.3 is 10.6 Å². The van der Waals surface area contributed by atoms with Crippen molar-refractivity contribution in [2.24, 2.45) is 0 Å². The van der Waals surface area contributed by atoms with Gasteiger partial charge in [-0.25, -0.2) is 9.37 Å². The first-order valence-corrected chi connectivity index (χ1v) is 8.02. The second kappa shape index (κ2) is 7.51. The number of carbonyl (C=O) groups excluding carboxylic acids is 1. The van der Waals surface area contributed by atoms with Gasteiger partial charge in [0, 0.05) is 11.4 Å². The number of pyridine rings is 1. The molecule has 0 saturated carbocycles. The zero-order valence-corrected chi connectivity index (χ0v) is 14.3. The topological polar surface area (TPSA) is 54.0 Å². The number of aromatic nitrogens is 1. The van der Waals surface area contributed by atoms with E-state index in [-0.39, 0.29) is 17.4 Å². The molecular formula is C18H12Cl2FN3O. The fourth-order valence-corrected chi connectivity index (χ4v) is 2.37. The Morgan fingerprint density at radius 1 is 0.880 bits per heavy atom. The van der Waals surface area contributed by atoms with E-state index >= 15 is 0 Å². The molecule has 7 heteroatoms. The van der Waals surface area contributed by atoms with E-state index in [0.29, 0.717) is 21.4 Å². The molecule has 0 spiro atoms. The number of hydrogen-bond acceptors (Lipinski definition) is 3. The van der Waals surface area contributed by atoms with Crippen molar-refractivity contribution in [3.05, 3.63) is 82.4 Å². The molecule has 0 unspecified atom stereocenters. The predicted molar refractivity (Wildman–Crippen MR) is 98.3 cm³/mol. The van der Waals surface area contributed by atoms with E-state index in [4.69, 9.17) is 23.2 Å². The maximum Gasteiger partial charge on any atom is 0.274 e. The zero-order valence-electron chi connectivity index (χ0n) is 12.8. The van der Waals surface area contributed by atoms with Crippen LogP contribution in [0.2, 0.25) is 10.0 Å². The average Bonchev–Trinajstić information content (AvgIpc) is 2.61. The Balaban J connectivity index is 1.67. The number of carbonyl (C=O) groups is 1. The van der Waals surface area contributed by atoms with Crippen LogP contribution in [0.15, 0.2) is 60.8 Å². The molecule has 0 aliphatic heterocycles. The molecule has 0 radical (unpaired) electrons. The molecule has 0 bridgehead atoms. The molecule has 3 rings (SSSR count). The SMILES string of the molecule is O=C(Nc1ccc(Cl)c(Cl)c1)c1ccc(Nc2ccc(F)cc2)cn1. The van der Waals surface area contributed by atoms with Crippen molar-refractivity contribution >= 4 is 46.2 Å². The number of amides is 1. The minimum absolute atomic E-state index is 0.246. The van der Waals surface area contributed by atoms with Gasteiger partial charge in [0.2, 0.25) is 0 Å². The molecule has 2 N–H and O–H groups in total. The molecule has 25 heavy (non-hydrogen) atoms. The summed E-state index contributed by atoms with van der Waals surface area (Å²) < 4.78 is 12.9. The number of nitrogens with zero attached hydrogens (tertiary/aromatic N) is 1. The van der Waals surface area contributed by atoms with Crippen LogP contribution in [0.5, 0.6) is 0 Å². The minimum atomic E-state index is -0.369. The van der Waals surface area contributed by atoms with Gasteiger partial charge in [0.15, 0.2) is 0 Å². The van der Waals surface area contributed by atoms with E-state index in [1.807, 2.05) is 0 Å². The maximum atomic E-state index is 12.9. The van der Waals surface area contributed by atoms with Crippen molar-refractivity contribution in [1.82, 2.24) is 4.98 Å². The van der Waals surface area contributed by atoms with Crippen LogP contribution < -0.4 is 10.6 Å². The Bertz CT molecular complexity index is 899. The third-order valence-corrected chi connectivity index (χ3v) is 4.05. The highest BCUT2D eigenvalue weighted by Crippen LogP contribution is 2.25. The number of anilines is 3. The molecule has 0 aliphatic carbocycles. The highest BCUT2D eigenvalue weighted by atomic mass is 35.5. The third kappa shape index (κ3) is 4.47. The van der Waals surface area contributed by atoms with Crippen LogP contribution in [0.4, 0.5) is 21.5 Å². The van der Waals surface area contributed by atoms with Gasteiger partial charge in [-0.2, -0.15) is 0 Å². The molecule has 3 aromatic rings. The molecule has 0 fully saturated rings. The Labute approximate surface area is 153 Å². The number of hydrogen-bond donors (Lipinski definition) is 2. The van der Waals surface area contributed by atoms with Gasteiger partial charge in [-0.05, 0) is 54.6 Å². The van der Waals surface area contributed by atoms with Crippen LogP contribution in [0.1, 0.15) is 10.5 Å². The lowest BCUT2D eigenvalue weighted by Gasteiger charge is -2.08. The van der Waals surface area contributed by atoms with Crippen molar-refractivity contribution in [1.29, 1.82) is 0 Å². The highest BCUT2D eigenvalue weighted by Gasteiger charge is 2.09. The van der Waals surface area contributed by atoms with Crippen LogP contribution in [0.3, 0.4) is 0 Å². The predicted octanol–water partition coefficient (Wildman–Crippen LogP) is 5.52. The van der Waals surface area contributed by atoms with Gasteiger partial charge in [0.1, 0.15) is 11.5 Å². The van der Waals surface area contributed by atoms with Gasteiger partial charge >= 0.3 is 0 Å². The largest absolute Gasteiger partial charge is 0.354 e. The van der Waals surface area contributed by atoms with E-state index in [9.17, 15) is 9.18 Å². The van der Waals surface area contributed by atoms with Crippen LogP contribution in [-0.4, -0.2) is 10.9 Å². The van der Waals surface area contributed by atoms with E-state index in [2.05, 4.69) is 15.6 Å². The Hall–Kier alpha value is -2.63. The van der Waals surface area contributed by atoms with Crippen molar-refractivity contribution in [2.75, 3.05) is 10.6 Å². The molecule has 2 aromatic carbocycles. The summed E-state index contributed by atoms with van der Waals surface area (Å²) in [6, 6.07) is 14.0. The van der Waals surface area contributed by atoms with Crippen molar-refractivity contribution in [2.45, 2.75) is 0 Å². The smallest absolute Gasteiger partial charge is 0.274 e. The molecule has 1 aromatic heterocycles. The monoisotopic (exact) mass is 375 g/mol. The molecule has 1 heterocycles. The minimum Gasteiger partial charge on any atom is -0.354 e. The van der Waals surface area contributed by atoms with E-state index in [1.54, 1.807) is 42.5 Å². The number of benzene rings is 2. The summed E-state index contributed by atoms with van der Waals surface area (Å²) in [6.45, 7) is 0. The molecule has 0 saturated heterocycles. The van der Waals surface area contributed by atoms with Crippen LogP contribution >= 0.6 is 23.2 Å². The molecule has 1 amide bonds. The summed E-state index contributed by atoms with van der Waals surface area (Å²) in [7, 11) is 0. The van der Waals surface area contributed by atoms with Crippen molar-refractivity contribution < 1.29 is 9.18 Å². The lowest BCUT2D eigenvalue weighted by Crippen LogP contribution is -2.13. The fraction of sp³-hybridized carbons (Fsp3) is 0. The first-order chi connectivity index (χ1) is 12.0. The Morgan fingerprint density at radius 2 is 1.56 bits per heavy atom. The summed E-state index contributed by atoms with van der Waals surface area (Å²) in [6.07, 6.45) is 1.52. The van der Waals surface area contributed by atoms with Crippen LogP contribution in [0, 0.1) is 5.82 Å². The van der Waals surface area contributed by atoms with Gasteiger partial charge in [-0.1, -0.05) is 23.2 Å². The highest BCUT2D eigenvalue weighted by molar-refractivity contribution is 6.42. The van der Waals surface area contributed by atoms with E-state index in [1.165, 1.54) is 18.3 Å². The van der Waals surface area contributed by atoms with Gasteiger partial charge in [0.05, 0.1) is 21.9 Å². The second-order valence-electron chi connectivity index (χ2n) is 5.15. The van der Waals surface area contributed by atoms with Gasteiger partial charge in [-0.3, -0.25) is 4.79 Å². The summed E-state index contributed by atoms with van der Waals surface area (Å²) in [5, 5.41) is 6.53. The van der Waals surface area contributed by atoms with Crippen LogP contribution in [-0.2, 0) is 0 Å². The normalized spacial score (nSPS) is 10.4. The second-order valence-corrected chi connectivity index (χ2v) is 5.96. The summed E-state index contributed by atoms with van der Waals surface area (Å²) >= 11 is 11.8. The van der Waals surface area contributed by atoms with Crippen molar-refractivity contribution in [3.63, 3.8) is 0 Å². The first-order valence-electron chi connectivity index (χ1n) is 7.26. The lowest BCUT2D eigenvalue weighted by atomic mass is 10.2.